The van der Waals surface area contributed by atoms with Gasteiger partial charge in [-0.05, 0) is 17.7 Å². The lowest BCUT2D eigenvalue weighted by Gasteiger charge is -2.01. The number of benzene rings is 2. The van der Waals surface area contributed by atoms with Crippen LogP contribution in [-0.2, 0) is 0 Å². The fourth-order valence-corrected chi connectivity index (χ4v) is 2.00. The third-order valence-electron chi connectivity index (χ3n) is 2.77. The average Bonchev–Trinajstić information content (AvgIpc) is 2.90. The summed E-state index contributed by atoms with van der Waals surface area (Å²) in [5.41, 5.74) is 3.89. The number of nitrogens with zero attached hydrogens (tertiary/aromatic N) is 1. The van der Waals surface area contributed by atoms with Gasteiger partial charge in [-0.2, -0.15) is 0 Å². The second-order valence-corrected chi connectivity index (χ2v) is 4.39. The van der Waals surface area contributed by atoms with Gasteiger partial charge in [0, 0.05) is 16.1 Å². The zero-order valence-corrected chi connectivity index (χ0v) is 10.3. The lowest BCUT2D eigenvalue weighted by Crippen LogP contribution is -1.81. The van der Waals surface area contributed by atoms with Gasteiger partial charge in [0.15, 0.2) is 0 Å². The summed E-state index contributed by atoms with van der Waals surface area (Å²) in [7, 11) is 0. The largest absolute Gasteiger partial charge is 0.363 e. The van der Waals surface area contributed by atoms with Crippen molar-refractivity contribution in [2.45, 2.75) is 0 Å². The zero-order valence-electron chi connectivity index (χ0n) is 9.51. The molecule has 88 valence electrons. The van der Waals surface area contributed by atoms with E-state index in [0.717, 1.165) is 27.4 Å². The first kappa shape index (κ1) is 11.1. The summed E-state index contributed by atoms with van der Waals surface area (Å²) in [5, 5.41) is 4.80. The molecule has 0 amide bonds. The maximum atomic E-state index is 5.89. The van der Waals surface area contributed by atoms with E-state index in [9.17, 15) is 0 Å². The van der Waals surface area contributed by atoms with Gasteiger partial charge in [-0.15, -0.1) is 0 Å². The molecule has 3 aromatic rings. The van der Waals surface area contributed by atoms with Crippen LogP contribution in [0.1, 0.15) is 0 Å². The van der Waals surface area contributed by atoms with Crippen molar-refractivity contribution in [1.82, 2.24) is 5.16 Å². The molecule has 0 unspecified atom stereocenters. The normalized spacial score (nSPS) is 10.5. The first-order valence-electron chi connectivity index (χ1n) is 5.60. The quantitative estimate of drug-likeness (QED) is 0.665. The molecule has 1 aromatic heterocycles. The summed E-state index contributed by atoms with van der Waals surface area (Å²) in [4.78, 5) is 0. The van der Waals surface area contributed by atoms with Crippen LogP contribution in [0.5, 0.6) is 0 Å². The molecule has 0 saturated heterocycles. The Labute approximate surface area is 110 Å². The first-order chi connectivity index (χ1) is 8.84. The Hall–Kier alpha value is -2.06. The molecule has 0 aliphatic rings. The van der Waals surface area contributed by atoms with E-state index < -0.39 is 0 Å². The molecule has 2 aromatic carbocycles. The van der Waals surface area contributed by atoms with E-state index in [0.29, 0.717) is 0 Å². The highest BCUT2D eigenvalue weighted by atomic mass is 35.5. The van der Waals surface area contributed by atoms with Gasteiger partial charge in [-0.1, -0.05) is 59.2 Å². The molecule has 0 radical (unpaired) electrons. The van der Waals surface area contributed by atoms with Crippen LogP contribution in [0.2, 0.25) is 5.02 Å². The van der Waals surface area contributed by atoms with Gasteiger partial charge in [-0.25, -0.2) is 0 Å². The Kier molecular flexibility index (Phi) is 2.87. The predicted molar refractivity (Wildman–Crippen MR) is 72.4 cm³/mol. The van der Waals surface area contributed by atoms with E-state index in [-0.39, 0.29) is 0 Å². The van der Waals surface area contributed by atoms with Crippen molar-refractivity contribution in [3.05, 3.63) is 65.9 Å². The monoisotopic (exact) mass is 255 g/mol. The summed E-state index contributed by atoms with van der Waals surface area (Å²) in [6.45, 7) is 0. The topological polar surface area (TPSA) is 26.0 Å². The minimum absolute atomic E-state index is 0.719. The van der Waals surface area contributed by atoms with Gasteiger partial charge < -0.3 is 4.52 Å². The molecule has 0 saturated carbocycles. The number of hydrogen-bond acceptors (Lipinski definition) is 2. The maximum Gasteiger partial charge on any atom is 0.132 e. The Morgan fingerprint density at radius 3 is 2.28 bits per heavy atom. The molecule has 0 N–H and O–H groups in total. The van der Waals surface area contributed by atoms with Gasteiger partial charge in [0.05, 0.1) is 0 Å². The summed E-state index contributed by atoms with van der Waals surface area (Å²) >= 11 is 5.89. The highest BCUT2D eigenvalue weighted by Gasteiger charge is 2.11. The van der Waals surface area contributed by atoms with Crippen LogP contribution >= 0.6 is 11.6 Å². The van der Waals surface area contributed by atoms with Crippen LogP contribution in [0.15, 0.2) is 65.4 Å². The van der Waals surface area contributed by atoms with Gasteiger partial charge >= 0.3 is 0 Å². The smallest absolute Gasteiger partial charge is 0.132 e. The molecule has 0 aliphatic carbocycles. The third-order valence-corrected chi connectivity index (χ3v) is 3.02. The SMILES string of the molecule is Clc1ccc(-c2conc2-c2ccccc2)cc1. The van der Waals surface area contributed by atoms with E-state index in [4.69, 9.17) is 16.1 Å². The summed E-state index contributed by atoms with van der Waals surface area (Å²) in [6, 6.07) is 17.6. The molecular weight excluding hydrogens is 246 g/mol. The van der Waals surface area contributed by atoms with Crippen LogP contribution in [0.25, 0.3) is 22.4 Å². The molecule has 2 nitrogen and oxygen atoms in total. The predicted octanol–water partition coefficient (Wildman–Crippen LogP) is 4.66. The average molecular weight is 256 g/mol. The van der Waals surface area contributed by atoms with Crippen LogP contribution < -0.4 is 0 Å². The minimum atomic E-state index is 0.719. The highest BCUT2D eigenvalue weighted by Crippen LogP contribution is 2.31. The first-order valence-corrected chi connectivity index (χ1v) is 5.98. The minimum Gasteiger partial charge on any atom is -0.363 e. The van der Waals surface area contributed by atoms with Crippen molar-refractivity contribution < 1.29 is 4.52 Å². The number of halogens is 1. The summed E-state index contributed by atoms with van der Waals surface area (Å²) < 4.78 is 5.10. The fraction of sp³-hybridized carbons (Fsp3) is 0. The third kappa shape index (κ3) is 2.03. The number of aromatic nitrogens is 1. The van der Waals surface area contributed by atoms with Crippen LogP contribution in [-0.4, -0.2) is 5.16 Å². The maximum absolute atomic E-state index is 5.89. The van der Waals surface area contributed by atoms with Crippen molar-refractivity contribution in [3.8, 4) is 22.4 Å². The van der Waals surface area contributed by atoms with Crippen LogP contribution in [0, 0.1) is 0 Å². The van der Waals surface area contributed by atoms with E-state index >= 15 is 0 Å². The fourth-order valence-electron chi connectivity index (χ4n) is 1.88. The Balaban J connectivity index is 2.10. The van der Waals surface area contributed by atoms with E-state index in [1.165, 1.54) is 0 Å². The van der Waals surface area contributed by atoms with Crippen molar-refractivity contribution >= 4 is 11.6 Å². The molecule has 0 fully saturated rings. The zero-order chi connectivity index (χ0) is 12.4. The van der Waals surface area contributed by atoms with Gasteiger partial charge in [0.25, 0.3) is 0 Å². The molecule has 18 heavy (non-hydrogen) atoms. The molecule has 0 spiro atoms. The molecule has 3 heteroatoms. The second kappa shape index (κ2) is 4.67. The molecule has 0 bridgehead atoms. The second-order valence-electron chi connectivity index (χ2n) is 3.95. The lowest BCUT2D eigenvalue weighted by molar-refractivity contribution is 0.422. The highest BCUT2D eigenvalue weighted by molar-refractivity contribution is 6.30. The van der Waals surface area contributed by atoms with Crippen molar-refractivity contribution in [3.63, 3.8) is 0 Å². The van der Waals surface area contributed by atoms with Crippen molar-refractivity contribution in [1.29, 1.82) is 0 Å². The standard InChI is InChI=1S/C15H10ClNO/c16-13-8-6-11(7-9-13)14-10-18-17-15(14)12-4-2-1-3-5-12/h1-10H. The van der Waals surface area contributed by atoms with Gasteiger partial charge in [-0.3, -0.25) is 0 Å². The Morgan fingerprint density at radius 1 is 0.833 bits per heavy atom. The molecule has 0 atom stereocenters. The molecule has 1 heterocycles. The summed E-state index contributed by atoms with van der Waals surface area (Å²) in [6.07, 6.45) is 1.66. The molecule has 3 rings (SSSR count). The Morgan fingerprint density at radius 2 is 1.56 bits per heavy atom. The van der Waals surface area contributed by atoms with E-state index in [1.807, 2.05) is 54.6 Å². The molecular formula is C15H10ClNO. The lowest BCUT2D eigenvalue weighted by atomic mass is 10.0. The van der Waals surface area contributed by atoms with Crippen LogP contribution in [0.4, 0.5) is 0 Å². The van der Waals surface area contributed by atoms with Gasteiger partial charge in [0.2, 0.25) is 0 Å². The van der Waals surface area contributed by atoms with E-state index in [1.54, 1.807) is 6.26 Å². The van der Waals surface area contributed by atoms with Crippen molar-refractivity contribution in [2.75, 3.05) is 0 Å². The van der Waals surface area contributed by atoms with Crippen LogP contribution in [0.3, 0.4) is 0 Å². The van der Waals surface area contributed by atoms with Gasteiger partial charge in [0.1, 0.15) is 12.0 Å². The van der Waals surface area contributed by atoms with Crippen molar-refractivity contribution in [2.24, 2.45) is 0 Å². The molecule has 0 aliphatic heterocycles. The van der Waals surface area contributed by atoms with E-state index in [2.05, 4.69) is 5.16 Å². The number of hydrogen-bond donors (Lipinski definition) is 0. The summed E-state index contributed by atoms with van der Waals surface area (Å²) in [5.74, 6) is 0. The number of rotatable bonds is 2. The Bertz CT molecular complexity index is 644.